The molecule has 0 radical (unpaired) electrons. The lowest BCUT2D eigenvalue weighted by Crippen LogP contribution is -2.31. The van der Waals surface area contributed by atoms with Crippen molar-refractivity contribution in [2.75, 3.05) is 58.3 Å². The maximum Gasteiger partial charge on any atom is 0.258 e. The number of nitrogens with two attached hydrogens (primary N) is 3. The average molecular weight is 1140 g/mol. The lowest BCUT2D eigenvalue weighted by molar-refractivity contribution is -0.121. The Labute approximate surface area is 489 Å². The zero-order valence-electron chi connectivity index (χ0n) is 47.0. The lowest BCUT2D eigenvalue weighted by Gasteiger charge is -2.30. The molecular formula is C66H68N6O12. The van der Waals surface area contributed by atoms with Gasteiger partial charge in [-0.2, -0.15) is 0 Å². The smallest absolute Gasteiger partial charge is 0.258 e. The van der Waals surface area contributed by atoms with Crippen LogP contribution in [0.15, 0.2) is 208 Å². The maximum atomic E-state index is 12.5. The van der Waals surface area contributed by atoms with Gasteiger partial charge in [0, 0.05) is 54.4 Å². The van der Waals surface area contributed by atoms with Gasteiger partial charge in [0.25, 0.3) is 35.4 Å². The van der Waals surface area contributed by atoms with Crippen LogP contribution in [0.25, 0.3) is 0 Å². The fourth-order valence-electron chi connectivity index (χ4n) is 8.48. The number of hydrogen-bond donors (Lipinski definition) is 5. The van der Waals surface area contributed by atoms with Crippen molar-refractivity contribution in [1.82, 2.24) is 0 Å². The number of imide groups is 3. The third-order valence-corrected chi connectivity index (χ3v) is 13.2. The predicted octanol–water partition coefficient (Wildman–Crippen LogP) is 10.3. The number of nitrogens with zero attached hydrogens (tertiary/aromatic N) is 3. The van der Waals surface area contributed by atoms with Crippen molar-refractivity contribution in [2.24, 2.45) is 0 Å². The van der Waals surface area contributed by atoms with Crippen LogP contribution in [0.1, 0.15) is 51.4 Å². The van der Waals surface area contributed by atoms with Gasteiger partial charge in [0.1, 0.15) is 60.9 Å². The van der Waals surface area contributed by atoms with Crippen LogP contribution in [0.4, 0.5) is 34.1 Å². The van der Waals surface area contributed by atoms with Gasteiger partial charge >= 0.3 is 0 Å². The summed E-state index contributed by atoms with van der Waals surface area (Å²) >= 11 is 0. The Morgan fingerprint density at radius 2 is 0.679 bits per heavy atom. The number of rotatable bonds is 19. The minimum Gasteiger partial charge on any atom is -0.508 e. The molecule has 3 aliphatic heterocycles. The molecule has 8 N–H and O–H groups in total. The summed E-state index contributed by atoms with van der Waals surface area (Å²) in [6.07, 6.45) is 13.8. The van der Waals surface area contributed by atoms with Crippen LogP contribution in [0.2, 0.25) is 0 Å². The Morgan fingerprint density at radius 3 is 0.976 bits per heavy atom. The van der Waals surface area contributed by atoms with E-state index in [0.717, 1.165) is 37.0 Å². The summed E-state index contributed by atoms with van der Waals surface area (Å²) in [6, 6.07) is 34.5. The van der Waals surface area contributed by atoms with Gasteiger partial charge in [-0.25, -0.2) is 14.7 Å². The first-order valence-electron chi connectivity index (χ1n) is 26.1. The molecule has 0 unspecified atom stereocenters. The van der Waals surface area contributed by atoms with Gasteiger partial charge in [-0.3, -0.25) is 28.8 Å². The average Bonchev–Trinajstić information content (AvgIpc) is 2.45. The number of nitrogen functional groups attached to an aromatic ring is 3. The zero-order chi connectivity index (χ0) is 61.3. The number of anilines is 6. The quantitative estimate of drug-likeness (QED) is 0.0218. The Hall–Kier alpha value is -10.9. The normalized spacial score (nSPS) is 13.3. The summed E-state index contributed by atoms with van der Waals surface area (Å²) in [7, 11) is 0. The number of benzene rings is 6. The van der Waals surface area contributed by atoms with E-state index in [1.165, 1.54) is 60.7 Å². The van der Waals surface area contributed by atoms with E-state index in [1.807, 2.05) is 62.4 Å². The molecule has 84 heavy (non-hydrogen) atoms. The van der Waals surface area contributed by atoms with Gasteiger partial charge in [0.15, 0.2) is 0 Å². The van der Waals surface area contributed by atoms with Crippen molar-refractivity contribution >= 4 is 69.6 Å². The molecule has 3 aliphatic rings. The molecule has 0 saturated heterocycles. The number of amides is 6. The number of ether oxygens (including phenoxy) is 4. The van der Waals surface area contributed by atoms with Gasteiger partial charge in [-0.15, -0.1) is 0 Å². The molecule has 0 saturated carbocycles. The second-order valence-corrected chi connectivity index (χ2v) is 19.7. The number of phenols is 2. The van der Waals surface area contributed by atoms with Crippen LogP contribution in [0.3, 0.4) is 0 Å². The summed E-state index contributed by atoms with van der Waals surface area (Å²) in [5.41, 5.74) is 23.3. The SMILES string of the molecule is C=CCOc1ccc(C(C)(C)c2ccc(OCC=C)c(N)c2)cc1N.C=CCOc1ccc(C(C)(C)c2ccc(OCC=C)c(N3C(=O)C=CC3=O)c2)cc1N1C(=O)C=CC1=O.Nc1ccc(O)cc1.O=C1C=CC(=O)N1c1ccc(O)cc1.[2HH]. The van der Waals surface area contributed by atoms with Crippen LogP contribution >= 0.6 is 0 Å². The highest BCUT2D eigenvalue weighted by Crippen LogP contribution is 2.43. The summed E-state index contributed by atoms with van der Waals surface area (Å²) in [5.74, 6) is -0.196. The molecule has 18 nitrogen and oxygen atoms in total. The topological polar surface area (TPSA) is 268 Å². The van der Waals surface area contributed by atoms with Crippen molar-refractivity contribution in [3.63, 3.8) is 0 Å². The third kappa shape index (κ3) is 15.1. The van der Waals surface area contributed by atoms with Crippen molar-refractivity contribution in [3.8, 4) is 34.5 Å². The molecule has 0 atom stereocenters. The van der Waals surface area contributed by atoms with Crippen LogP contribution in [-0.4, -0.2) is 72.1 Å². The highest BCUT2D eigenvalue weighted by molar-refractivity contribution is 6.30. The Kier molecular flexibility index (Phi) is 20.8. The van der Waals surface area contributed by atoms with E-state index in [-0.39, 0.29) is 43.4 Å². The molecule has 6 aromatic carbocycles. The molecule has 0 bridgehead atoms. The van der Waals surface area contributed by atoms with E-state index in [9.17, 15) is 28.8 Å². The molecular weight excluding hydrogens is 1070 g/mol. The lowest BCUT2D eigenvalue weighted by atomic mass is 9.77. The second-order valence-electron chi connectivity index (χ2n) is 19.7. The summed E-state index contributed by atoms with van der Waals surface area (Å²) in [4.78, 5) is 75.5. The molecule has 0 aliphatic carbocycles. The van der Waals surface area contributed by atoms with Crippen molar-refractivity contribution in [2.45, 2.75) is 38.5 Å². The standard InChI is InChI=1S/C29H26N2O6.C21H26N2O2.C10H7NO3.C6H7NO.H2/c1-5-15-36-23-9-7-19(17-21(23)30-25(32)11-12-26(30)33)29(3,4)20-8-10-24(37-16-6-2)22(18-20)31-27(34)13-14-28(31)35;1-5-11-24-19-9-7-15(13-17(19)22)21(3,4)16-8-10-20(18(23)14-16)25-12-6-2;12-8-3-1-7(2-4-8)11-9(13)5-6-10(11)14;7-5-1-3-6(8)4-2-5;/h5-14,17-18H,1-2,15-16H2,3-4H3;5-10,13-14H,1-2,11-12,22-23H2,3-4H3;1-6,12H;1-4,8H,7H2;1H/i;;;;1+1. The van der Waals surface area contributed by atoms with E-state index >= 15 is 0 Å². The Morgan fingerprint density at radius 1 is 0.405 bits per heavy atom. The Balaban J connectivity index is 0.000000235. The first-order chi connectivity index (χ1) is 40.0. The molecule has 6 amide bonds. The highest BCUT2D eigenvalue weighted by Gasteiger charge is 2.34. The molecule has 3 heterocycles. The van der Waals surface area contributed by atoms with Gasteiger partial charge in [0.05, 0.1) is 28.4 Å². The number of carbonyl (C=O) groups is 6. The molecule has 0 fully saturated rings. The fraction of sp³-hybridized carbons (Fsp3) is 0.152. The summed E-state index contributed by atoms with van der Waals surface area (Å²) in [5, 5.41) is 17.7. The monoisotopic (exact) mass is 1140 g/mol. The fourth-order valence-corrected chi connectivity index (χ4v) is 8.48. The van der Waals surface area contributed by atoms with E-state index in [2.05, 4.69) is 40.2 Å². The van der Waals surface area contributed by atoms with Gasteiger partial charge < -0.3 is 46.4 Å². The molecule has 18 heteroatoms. The Bertz CT molecular complexity index is 3350. The number of aromatic hydroxyl groups is 2. The van der Waals surface area contributed by atoms with Crippen LogP contribution < -0.4 is 50.8 Å². The van der Waals surface area contributed by atoms with Gasteiger partial charge in [0.2, 0.25) is 0 Å². The minimum atomic E-state index is -0.685. The third-order valence-electron chi connectivity index (χ3n) is 13.2. The number of hydrogen-bond acceptors (Lipinski definition) is 15. The second kappa shape index (κ2) is 28.0. The first kappa shape index (κ1) is 62.3. The number of carbonyl (C=O) groups excluding carboxylic acids is 6. The van der Waals surface area contributed by atoms with Crippen molar-refractivity contribution in [1.29, 1.82) is 0 Å². The van der Waals surface area contributed by atoms with Gasteiger partial charge in [-0.1, -0.05) is 103 Å². The first-order valence-corrected chi connectivity index (χ1v) is 26.1. The number of phenolic OH excluding ortho intramolecular Hbond substituents is 2. The largest absolute Gasteiger partial charge is 0.508 e. The maximum absolute atomic E-state index is 12.5. The van der Waals surface area contributed by atoms with E-state index in [0.29, 0.717) is 70.3 Å². The minimum absolute atomic E-state index is 0. The summed E-state index contributed by atoms with van der Waals surface area (Å²) in [6.45, 7) is 24.0. The summed E-state index contributed by atoms with van der Waals surface area (Å²) < 4.78 is 22.5. The molecule has 434 valence electrons. The molecule has 0 spiro atoms. The van der Waals surface area contributed by atoms with Crippen LogP contribution in [0, 0.1) is 0 Å². The van der Waals surface area contributed by atoms with E-state index < -0.39 is 29.0 Å². The highest BCUT2D eigenvalue weighted by atomic mass is 16.5. The predicted molar refractivity (Wildman–Crippen MR) is 329 cm³/mol. The van der Waals surface area contributed by atoms with Crippen molar-refractivity contribution in [3.05, 3.63) is 231 Å². The van der Waals surface area contributed by atoms with Crippen LogP contribution in [0.5, 0.6) is 34.5 Å². The van der Waals surface area contributed by atoms with E-state index in [4.69, 9.17) is 46.4 Å². The van der Waals surface area contributed by atoms with E-state index in [1.54, 1.807) is 72.8 Å². The zero-order valence-corrected chi connectivity index (χ0v) is 47.0. The molecule has 9 rings (SSSR count). The van der Waals surface area contributed by atoms with Crippen molar-refractivity contribution < 1.29 is 59.4 Å². The molecule has 6 aromatic rings. The van der Waals surface area contributed by atoms with Gasteiger partial charge in [-0.05, 0) is 119 Å². The molecule has 0 aromatic heterocycles. The van der Waals surface area contributed by atoms with Crippen LogP contribution in [-0.2, 0) is 39.6 Å².